The standard InChI is InChI=1S/C19H22N2O2S2/c1-3-23-18(22)16-15-12(2)8-7-11-14(15)25-17(16)21-19(24)20-13-9-5-4-6-10-13/h4-6,9-10,12H,3,7-8,11H2,1-2H3,(H2,20,21,24)/t12-/m1/s1. The highest BCUT2D eigenvalue weighted by Gasteiger charge is 2.30. The number of anilines is 2. The molecule has 1 aliphatic carbocycles. The molecule has 132 valence electrons. The van der Waals surface area contributed by atoms with Gasteiger partial charge in [-0.3, -0.25) is 0 Å². The molecular formula is C19H22N2O2S2. The van der Waals surface area contributed by atoms with E-state index in [1.54, 1.807) is 11.3 Å². The van der Waals surface area contributed by atoms with Crippen molar-refractivity contribution in [2.75, 3.05) is 17.2 Å². The van der Waals surface area contributed by atoms with Crippen LogP contribution in [0.25, 0.3) is 0 Å². The zero-order chi connectivity index (χ0) is 17.8. The van der Waals surface area contributed by atoms with Gasteiger partial charge in [-0.25, -0.2) is 4.79 Å². The van der Waals surface area contributed by atoms with Crippen molar-refractivity contribution < 1.29 is 9.53 Å². The van der Waals surface area contributed by atoms with Gasteiger partial charge in [-0.05, 0) is 62.0 Å². The molecule has 2 N–H and O–H groups in total. The minimum absolute atomic E-state index is 0.265. The van der Waals surface area contributed by atoms with Crippen LogP contribution in [0.15, 0.2) is 30.3 Å². The van der Waals surface area contributed by atoms with Crippen LogP contribution >= 0.6 is 23.6 Å². The number of esters is 1. The average molecular weight is 375 g/mol. The number of thiophene rings is 1. The molecule has 0 saturated carbocycles. The Morgan fingerprint density at radius 2 is 2.08 bits per heavy atom. The van der Waals surface area contributed by atoms with E-state index in [1.807, 2.05) is 37.3 Å². The molecule has 0 unspecified atom stereocenters. The Labute approximate surface area is 157 Å². The summed E-state index contributed by atoms with van der Waals surface area (Å²) in [5.74, 6) is 0.101. The molecule has 2 aromatic rings. The number of rotatable bonds is 4. The fourth-order valence-corrected chi connectivity index (χ4v) is 4.83. The first-order chi connectivity index (χ1) is 12.1. The summed E-state index contributed by atoms with van der Waals surface area (Å²) < 4.78 is 5.31. The van der Waals surface area contributed by atoms with Crippen molar-refractivity contribution in [2.45, 2.75) is 39.0 Å². The van der Waals surface area contributed by atoms with Crippen molar-refractivity contribution in [3.05, 3.63) is 46.3 Å². The maximum absolute atomic E-state index is 12.6. The van der Waals surface area contributed by atoms with E-state index in [0.717, 1.165) is 35.5 Å². The Bertz CT molecular complexity index is 771. The van der Waals surface area contributed by atoms with Gasteiger partial charge in [-0.15, -0.1) is 11.3 Å². The molecule has 1 atom stereocenters. The first-order valence-electron chi connectivity index (χ1n) is 8.55. The van der Waals surface area contributed by atoms with Crippen LogP contribution in [0.1, 0.15) is 53.4 Å². The molecule has 0 amide bonds. The molecule has 0 bridgehead atoms. The lowest BCUT2D eigenvalue weighted by Gasteiger charge is -2.19. The van der Waals surface area contributed by atoms with E-state index in [-0.39, 0.29) is 5.97 Å². The number of aryl methyl sites for hydroxylation is 1. The lowest BCUT2D eigenvalue weighted by atomic mass is 9.86. The SMILES string of the molecule is CCOC(=O)c1c(NC(=S)Nc2ccccc2)sc2c1[C@H](C)CCC2. The quantitative estimate of drug-likeness (QED) is 0.571. The Hall–Kier alpha value is -1.92. The van der Waals surface area contributed by atoms with E-state index in [4.69, 9.17) is 17.0 Å². The third kappa shape index (κ3) is 4.02. The van der Waals surface area contributed by atoms with Gasteiger partial charge in [0.15, 0.2) is 5.11 Å². The van der Waals surface area contributed by atoms with Gasteiger partial charge >= 0.3 is 5.97 Å². The molecule has 0 spiro atoms. The summed E-state index contributed by atoms with van der Waals surface area (Å²) in [6.07, 6.45) is 3.27. The molecule has 1 aromatic heterocycles. The van der Waals surface area contributed by atoms with Gasteiger partial charge in [-0.2, -0.15) is 0 Å². The number of ether oxygens (including phenoxy) is 1. The number of nitrogens with one attached hydrogen (secondary N) is 2. The smallest absolute Gasteiger partial charge is 0.341 e. The lowest BCUT2D eigenvalue weighted by Crippen LogP contribution is -2.20. The van der Waals surface area contributed by atoms with Gasteiger partial charge in [-0.1, -0.05) is 25.1 Å². The van der Waals surface area contributed by atoms with Crippen molar-refractivity contribution >= 4 is 45.3 Å². The van der Waals surface area contributed by atoms with Gasteiger partial charge < -0.3 is 15.4 Å². The molecule has 4 nitrogen and oxygen atoms in total. The summed E-state index contributed by atoms with van der Waals surface area (Å²) in [5.41, 5.74) is 2.71. The number of carbonyl (C=O) groups excluding carboxylic acids is 1. The minimum Gasteiger partial charge on any atom is -0.462 e. The van der Waals surface area contributed by atoms with Crippen LogP contribution in [0.4, 0.5) is 10.7 Å². The second-order valence-corrected chi connectivity index (χ2v) is 7.62. The molecule has 1 aliphatic rings. The fourth-order valence-electron chi connectivity index (χ4n) is 3.19. The van der Waals surface area contributed by atoms with Gasteiger partial charge in [0.2, 0.25) is 0 Å². The summed E-state index contributed by atoms with van der Waals surface area (Å²) in [5, 5.41) is 7.63. The first kappa shape index (κ1) is 17.9. The summed E-state index contributed by atoms with van der Waals surface area (Å²) in [6, 6.07) is 9.74. The average Bonchev–Trinajstić information content (AvgIpc) is 2.95. The zero-order valence-corrected chi connectivity index (χ0v) is 16.1. The predicted molar refractivity (Wildman–Crippen MR) is 108 cm³/mol. The molecule has 1 aromatic carbocycles. The molecule has 3 rings (SSSR count). The molecule has 25 heavy (non-hydrogen) atoms. The van der Waals surface area contributed by atoms with Gasteiger partial charge in [0.05, 0.1) is 12.2 Å². The van der Waals surface area contributed by atoms with Crippen molar-refractivity contribution in [3.63, 3.8) is 0 Å². The molecule has 0 radical (unpaired) electrons. The summed E-state index contributed by atoms with van der Waals surface area (Å²) >= 11 is 7.05. The molecule has 0 saturated heterocycles. The second-order valence-electron chi connectivity index (χ2n) is 6.10. The van der Waals surface area contributed by atoms with E-state index < -0.39 is 0 Å². The van der Waals surface area contributed by atoms with Crippen LogP contribution < -0.4 is 10.6 Å². The Balaban J connectivity index is 1.87. The predicted octanol–water partition coefficient (Wildman–Crippen LogP) is 5.17. The highest BCUT2D eigenvalue weighted by Crippen LogP contribution is 2.43. The highest BCUT2D eigenvalue weighted by atomic mass is 32.1. The number of benzene rings is 1. The topological polar surface area (TPSA) is 50.4 Å². The Morgan fingerprint density at radius 1 is 1.32 bits per heavy atom. The molecule has 0 aliphatic heterocycles. The third-order valence-electron chi connectivity index (χ3n) is 4.29. The van der Waals surface area contributed by atoms with Crippen LogP contribution in [-0.4, -0.2) is 17.7 Å². The fraction of sp³-hybridized carbons (Fsp3) is 0.368. The highest BCUT2D eigenvalue weighted by molar-refractivity contribution is 7.80. The van der Waals surface area contributed by atoms with E-state index in [2.05, 4.69) is 17.6 Å². The monoisotopic (exact) mass is 374 g/mol. The third-order valence-corrected chi connectivity index (χ3v) is 5.68. The van der Waals surface area contributed by atoms with Gasteiger partial charge in [0.25, 0.3) is 0 Å². The molecule has 0 fully saturated rings. The Kier molecular flexibility index (Phi) is 5.71. The van der Waals surface area contributed by atoms with Crippen LogP contribution in [0.2, 0.25) is 0 Å². The number of hydrogen-bond acceptors (Lipinski definition) is 4. The van der Waals surface area contributed by atoms with Crippen molar-refractivity contribution in [3.8, 4) is 0 Å². The van der Waals surface area contributed by atoms with Crippen molar-refractivity contribution in [1.29, 1.82) is 0 Å². The van der Waals surface area contributed by atoms with Crippen LogP contribution in [0.5, 0.6) is 0 Å². The summed E-state index contributed by atoms with van der Waals surface area (Å²) in [6.45, 7) is 4.37. The lowest BCUT2D eigenvalue weighted by molar-refractivity contribution is 0.0526. The minimum atomic E-state index is -0.265. The molecule has 6 heteroatoms. The maximum atomic E-state index is 12.6. The first-order valence-corrected chi connectivity index (χ1v) is 9.78. The van der Waals surface area contributed by atoms with Crippen LogP contribution in [0, 0.1) is 0 Å². The summed E-state index contributed by atoms with van der Waals surface area (Å²) in [7, 11) is 0. The van der Waals surface area contributed by atoms with Crippen LogP contribution in [0.3, 0.4) is 0 Å². The number of carbonyl (C=O) groups is 1. The zero-order valence-electron chi connectivity index (χ0n) is 14.4. The number of fused-ring (bicyclic) bond motifs is 1. The van der Waals surface area contributed by atoms with Crippen LogP contribution in [-0.2, 0) is 11.2 Å². The maximum Gasteiger partial charge on any atom is 0.341 e. The largest absolute Gasteiger partial charge is 0.462 e. The molecule has 1 heterocycles. The van der Waals surface area contributed by atoms with E-state index >= 15 is 0 Å². The molecular weight excluding hydrogens is 352 g/mol. The van der Waals surface area contributed by atoms with Crippen molar-refractivity contribution in [1.82, 2.24) is 0 Å². The number of para-hydroxylation sites is 1. The number of hydrogen-bond donors (Lipinski definition) is 2. The summed E-state index contributed by atoms with van der Waals surface area (Å²) in [4.78, 5) is 13.8. The van der Waals surface area contributed by atoms with E-state index in [9.17, 15) is 4.79 Å². The van der Waals surface area contributed by atoms with Gasteiger partial charge in [0.1, 0.15) is 5.00 Å². The number of thiocarbonyl (C=S) groups is 1. The van der Waals surface area contributed by atoms with Crippen molar-refractivity contribution in [2.24, 2.45) is 0 Å². The Morgan fingerprint density at radius 3 is 2.80 bits per heavy atom. The normalized spacial score (nSPS) is 16.0. The van der Waals surface area contributed by atoms with E-state index in [1.165, 1.54) is 4.88 Å². The second kappa shape index (κ2) is 7.97. The van der Waals surface area contributed by atoms with E-state index in [0.29, 0.717) is 23.2 Å². The van der Waals surface area contributed by atoms with Gasteiger partial charge in [0, 0.05) is 10.6 Å².